The Labute approximate surface area is 155 Å². The smallest absolute Gasteiger partial charge is 0.363 e. The number of nitrogens with zero attached hydrogens (tertiary/aromatic N) is 2. The highest BCUT2D eigenvalue weighted by Crippen LogP contribution is 2.31. The summed E-state index contributed by atoms with van der Waals surface area (Å²) >= 11 is 0. The summed E-state index contributed by atoms with van der Waals surface area (Å²) in [6, 6.07) is 16.6. The van der Waals surface area contributed by atoms with Crippen molar-refractivity contribution in [2.24, 2.45) is 5.92 Å². The molecular formula is C21H20N3O3+. The zero-order chi connectivity index (χ0) is 19.0. The molecule has 0 radical (unpaired) electrons. The molecule has 0 amide bonds. The van der Waals surface area contributed by atoms with E-state index in [2.05, 4.69) is 4.98 Å². The Morgan fingerprint density at radius 2 is 1.74 bits per heavy atom. The molecule has 0 aliphatic carbocycles. The van der Waals surface area contributed by atoms with Gasteiger partial charge in [0.15, 0.2) is 11.9 Å². The van der Waals surface area contributed by atoms with Gasteiger partial charge in [-0.15, -0.1) is 0 Å². The molecule has 6 nitrogen and oxygen atoms in total. The summed E-state index contributed by atoms with van der Waals surface area (Å²) in [7, 11) is 0. The van der Waals surface area contributed by atoms with Crippen LogP contribution in [0, 0.1) is 5.92 Å². The zero-order valence-electron chi connectivity index (χ0n) is 15.1. The Kier molecular flexibility index (Phi) is 4.33. The summed E-state index contributed by atoms with van der Waals surface area (Å²) in [4.78, 5) is 21.1. The monoisotopic (exact) mass is 362 g/mol. The fourth-order valence-electron chi connectivity index (χ4n) is 3.16. The van der Waals surface area contributed by atoms with Gasteiger partial charge in [-0.25, -0.2) is 9.78 Å². The predicted molar refractivity (Wildman–Crippen MR) is 103 cm³/mol. The second kappa shape index (κ2) is 6.81. The van der Waals surface area contributed by atoms with Crippen LogP contribution in [0.15, 0.2) is 59.0 Å². The molecule has 0 saturated carbocycles. The van der Waals surface area contributed by atoms with E-state index in [1.54, 1.807) is 5.32 Å². The maximum absolute atomic E-state index is 11.7. The quantitative estimate of drug-likeness (QED) is 0.568. The van der Waals surface area contributed by atoms with Crippen LogP contribution in [0.25, 0.3) is 33.5 Å². The number of benzene rings is 2. The van der Waals surface area contributed by atoms with E-state index in [0.717, 1.165) is 10.9 Å². The molecule has 0 saturated heterocycles. The van der Waals surface area contributed by atoms with Crippen LogP contribution < -0.4 is 5.32 Å². The highest BCUT2D eigenvalue weighted by molar-refractivity contribution is 6.05. The topological polar surface area (TPSA) is 92.8 Å². The first-order valence-electron chi connectivity index (χ1n) is 8.87. The Balaban J connectivity index is 1.96. The van der Waals surface area contributed by atoms with Gasteiger partial charge in [0.05, 0.1) is 0 Å². The van der Waals surface area contributed by atoms with Crippen molar-refractivity contribution in [1.82, 2.24) is 9.97 Å². The summed E-state index contributed by atoms with van der Waals surface area (Å²) < 4.78 is 5.99. The molecule has 6 heteroatoms. The molecule has 4 rings (SSSR count). The van der Waals surface area contributed by atoms with Crippen molar-refractivity contribution >= 4 is 33.9 Å². The summed E-state index contributed by atoms with van der Waals surface area (Å²) in [5.41, 5.74) is 2.79. The standard InChI is InChI=1S/C21H19N3O3/c1-12(2)16(21(25)26)22-20-18-17(14-10-6-7-11-15(14)27-18)23-19(24-20)13-8-4-3-5-9-13/h3-12,16H,1-2H3,(H,25,26)(H,22,23,24)/p+1. The number of nitrogens with two attached hydrogens (primary N) is 1. The minimum Gasteiger partial charge on any atom is -0.477 e. The number of hydrogen-bond donors (Lipinski definition) is 2. The number of carboxylic acid groups (broad SMARTS) is 1. The summed E-state index contributed by atoms with van der Waals surface area (Å²) in [5.74, 6) is 0.108. The zero-order valence-corrected chi connectivity index (χ0v) is 15.1. The number of rotatable bonds is 5. The van der Waals surface area contributed by atoms with Gasteiger partial charge in [0.25, 0.3) is 5.82 Å². The fraction of sp³-hybridized carbons (Fsp3) is 0.190. The van der Waals surface area contributed by atoms with Crippen LogP contribution in [0.3, 0.4) is 0 Å². The van der Waals surface area contributed by atoms with E-state index < -0.39 is 12.0 Å². The molecule has 2 aromatic heterocycles. The van der Waals surface area contributed by atoms with Crippen molar-refractivity contribution in [2.45, 2.75) is 19.9 Å². The highest BCUT2D eigenvalue weighted by Gasteiger charge is 2.29. The third-order valence-corrected chi connectivity index (χ3v) is 4.62. The number of aliphatic carboxylic acids is 1. The van der Waals surface area contributed by atoms with Crippen molar-refractivity contribution in [3.63, 3.8) is 0 Å². The van der Waals surface area contributed by atoms with Crippen molar-refractivity contribution in [1.29, 1.82) is 0 Å². The SMILES string of the molecule is CC(C)C([NH2+]c1nc(-c2ccccc2)nc2c1oc1ccccc12)C(=O)O. The van der Waals surface area contributed by atoms with Gasteiger partial charge in [0, 0.05) is 16.9 Å². The Morgan fingerprint density at radius 1 is 1.04 bits per heavy atom. The molecule has 1 unspecified atom stereocenters. The van der Waals surface area contributed by atoms with Crippen molar-refractivity contribution in [3.05, 3.63) is 54.6 Å². The third kappa shape index (κ3) is 3.15. The number of quaternary nitrogens is 1. The predicted octanol–water partition coefficient (Wildman–Crippen LogP) is 3.35. The molecule has 0 aliphatic rings. The molecule has 1 atom stereocenters. The normalized spacial score (nSPS) is 12.7. The first kappa shape index (κ1) is 17.2. The Hall–Kier alpha value is -3.25. The summed E-state index contributed by atoms with van der Waals surface area (Å²) in [6.45, 7) is 3.76. The number of para-hydroxylation sites is 1. The van der Waals surface area contributed by atoms with Gasteiger partial charge in [-0.2, -0.15) is 4.98 Å². The summed E-state index contributed by atoms with van der Waals surface area (Å²) in [6.07, 6.45) is 0. The average molecular weight is 362 g/mol. The minimum atomic E-state index is -0.880. The number of aromatic nitrogens is 2. The number of hydrogen-bond acceptors (Lipinski definition) is 4. The van der Waals surface area contributed by atoms with Gasteiger partial charge in [0.1, 0.15) is 11.1 Å². The number of furan rings is 1. The maximum Gasteiger partial charge on any atom is 0.363 e. The van der Waals surface area contributed by atoms with Crippen LogP contribution in [-0.4, -0.2) is 27.1 Å². The van der Waals surface area contributed by atoms with Crippen LogP contribution >= 0.6 is 0 Å². The first-order valence-corrected chi connectivity index (χ1v) is 8.87. The van der Waals surface area contributed by atoms with Gasteiger partial charge >= 0.3 is 5.97 Å². The lowest BCUT2D eigenvalue weighted by molar-refractivity contribution is -0.607. The molecule has 27 heavy (non-hydrogen) atoms. The molecule has 4 aromatic rings. The van der Waals surface area contributed by atoms with Gasteiger partial charge < -0.3 is 9.52 Å². The van der Waals surface area contributed by atoms with Gasteiger partial charge in [-0.3, -0.25) is 5.32 Å². The Bertz CT molecular complexity index is 1120. The van der Waals surface area contributed by atoms with E-state index in [1.165, 1.54) is 0 Å². The molecule has 3 N–H and O–H groups in total. The molecule has 0 fully saturated rings. The second-order valence-corrected chi connectivity index (χ2v) is 6.85. The lowest BCUT2D eigenvalue weighted by Gasteiger charge is -2.14. The van der Waals surface area contributed by atoms with E-state index in [0.29, 0.717) is 28.3 Å². The molecule has 2 heterocycles. The molecule has 136 valence electrons. The van der Waals surface area contributed by atoms with Gasteiger partial charge in [-0.05, 0) is 12.1 Å². The first-order chi connectivity index (χ1) is 13.0. The second-order valence-electron chi connectivity index (χ2n) is 6.85. The maximum atomic E-state index is 11.7. The van der Waals surface area contributed by atoms with E-state index in [-0.39, 0.29) is 5.92 Å². The van der Waals surface area contributed by atoms with Crippen molar-refractivity contribution < 1.29 is 19.6 Å². The molecular weight excluding hydrogens is 342 g/mol. The van der Waals surface area contributed by atoms with E-state index >= 15 is 0 Å². The van der Waals surface area contributed by atoms with Crippen molar-refractivity contribution in [3.8, 4) is 11.4 Å². The molecule has 0 aliphatic heterocycles. The van der Waals surface area contributed by atoms with E-state index in [4.69, 9.17) is 9.40 Å². The number of carboxylic acids is 1. The van der Waals surface area contributed by atoms with Crippen LogP contribution in [0.4, 0.5) is 5.82 Å². The van der Waals surface area contributed by atoms with Crippen LogP contribution in [0.5, 0.6) is 0 Å². The van der Waals surface area contributed by atoms with Gasteiger partial charge in [0.2, 0.25) is 5.58 Å². The molecule has 0 bridgehead atoms. The van der Waals surface area contributed by atoms with E-state index in [1.807, 2.05) is 68.4 Å². The van der Waals surface area contributed by atoms with Crippen molar-refractivity contribution in [2.75, 3.05) is 0 Å². The minimum absolute atomic E-state index is 0.0722. The Morgan fingerprint density at radius 3 is 2.44 bits per heavy atom. The summed E-state index contributed by atoms with van der Waals surface area (Å²) in [5, 5.41) is 12.2. The largest absolute Gasteiger partial charge is 0.477 e. The molecule has 2 aromatic carbocycles. The highest BCUT2D eigenvalue weighted by atomic mass is 16.4. The lowest BCUT2D eigenvalue weighted by Crippen LogP contribution is -2.88. The average Bonchev–Trinajstić information content (AvgIpc) is 3.05. The van der Waals surface area contributed by atoms with Crippen LogP contribution in [0.1, 0.15) is 13.8 Å². The van der Waals surface area contributed by atoms with Crippen LogP contribution in [0.2, 0.25) is 0 Å². The van der Waals surface area contributed by atoms with Crippen LogP contribution in [-0.2, 0) is 4.79 Å². The molecule has 0 spiro atoms. The third-order valence-electron chi connectivity index (χ3n) is 4.62. The van der Waals surface area contributed by atoms with Gasteiger partial charge in [-0.1, -0.05) is 56.3 Å². The lowest BCUT2D eigenvalue weighted by atomic mass is 10.0. The number of carbonyl (C=O) groups is 1. The van der Waals surface area contributed by atoms with E-state index in [9.17, 15) is 9.90 Å². The number of fused-ring (bicyclic) bond motifs is 3. The fourth-order valence-corrected chi connectivity index (χ4v) is 3.16.